The number of nitrogens with one attached hydrogen (secondary N) is 1. The molecule has 0 radical (unpaired) electrons. The van der Waals surface area contributed by atoms with Gasteiger partial charge in [-0.3, -0.25) is 4.79 Å². The Kier molecular flexibility index (Phi) is 6.91. The molecule has 0 spiro atoms. The lowest BCUT2D eigenvalue weighted by Crippen LogP contribution is -2.36. The van der Waals surface area contributed by atoms with E-state index in [0.29, 0.717) is 0 Å². The van der Waals surface area contributed by atoms with Crippen LogP contribution in [-0.4, -0.2) is 35.8 Å². The van der Waals surface area contributed by atoms with E-state index >= 15 is 0 Å². The van der Waals surface area contributed by atoms with Gasteiger partial charge in [-0.25, -0.2) is 8.78 Å². The first kappa shape index (κ1) is 17.4. The fourth-order valence-electron chi connectivity index (χ4n) is 1.41. The van der Waals surface area contributed by atoms with E-state index in [9.17, 15) is 13.6 Å². The second-order valence-corrected chi connectivity index (χ2v) is 6.23. The minimum atomic E-state index is -2.85. The van der Waals surface area contributed by atoms with E-state index in [4.69, 9.17) is 5.11 Å². The zero-order chi connectivity index (χ0) is 15.3. The summed E-state index contributed by atoms with van der Waals surface area (Å²) >= 11 is 4.76. The maximum Gasteiger partial charge on any atom is 0.265 e. The van der Waals surface area contributed by atoms with Crippen LogP contribution in [0.1, 0.15) is 11.1 Å². The van der Waals surface area contributed by atoms with Gasteiger partial charge < -0.3 is 10.4 Å². The second-order valence-electron chi connectivity index (χ2n) is 4.36. The van der Waals surface area contributed by atoms with Crippen molar-refractivity contribution in [3.05, 3.63) is 27.7 Å². The first-order valence-corrected chi connectivity index (χ1v) is 7.71. The molecule has 2 N–H and O–H groups in total. The van der Waals surface area contributed by atoms with Crippen LogP contribution < -0.4 is 5.32 Å². The van der Waals surface area contributed by atoms with Gasteiger partial charge in [0.15, 0.2) is 0 Å². The van der Waals surface area contributed by atoms with Crippen LogP contribution in [0.3, 0.4) is 0 Å². The number of benzene rings is 1. The van der Waals surface area contributed by atoms with Crippen molar-refractivity contribution >= 4 is 33.6 Å². The number of carbonyl (C=O) groups is 1. The molecule has 0 aliphatic heterocycles. The van der Waals surface area contributed by atoms with Crippen LogP contribution in [-0.2, 0) is 4.79 Å². The predicted octanol–water partition coefficient (Wildman–Crippen LogP) is 2.90. The number of halogens is 3. The summed E-state index contributed by atoms with van der Waals surface area (Å²) in [5, 5.41) is 11.2. The topological polar surface area (TPSA) is 49.3 Å². The van der Waals surface area contributed by atoms with Gasteiger partial charge in [0, 0.05) is 15.9 Å². The molecule has 7 heteroatoms. The van der Waals surface area contributed by atoms with Crippen molar-refractivity contribution in [3.63, 3.8) is 0 Å². The number of alkyl halides is 2. The molecule has 1 atom stereocenters. The minimum absolute atomic E-state index is 0.123. The number of hydrogen-bond donors (Lipinski definition) is 2. The number of rotatable bonds is 6. The molecule has 1 amide bonds. The van der Waals surface area contributed by atoms with Gasteiger partial charge in [0.25, 0.3) is 6.43 Å². The van der Waals surface area contributed by atoms with E-state index < -0.39 is 19.1 Å². The summed E-state index contributed by atoms with van der Waals surface area (Å²) in [5.74, 6) is -0.257. The van der Waals surface area contributed by atoms with Gasteiger partial charge in [-0.15, -0.1) is 11.8 Å². The van der Waals surface area contributed by atoms with E-state index in [-0.39, 0.29) is 11.7 Å². The van der Waals surface area contributed by atoms with E-state index in [1.165, 1.54) is 11.8 Å². The lowest BCUT2D eigenvalue weighted by atomic mass is 10.2. The van der Waals surface area contributed by atoms with Crippen LogP contribution in [0.15, 0.2) is 21.5 Å². The Morgan fingerprint density at radius 1 is 1.40 bits per heavy atom. The fourth-order valence-corrected chi connectivity index (χ4v) is 2.80. The molecule has 0 bridgehead atoms. The molecular formula is C13H16BrF2NO2S. The smallest absolute Gasteiger partial charge is 0.265 e. The molecule has 1 rings (SSSR count). The molecule has 1 unspecified atom stereocenters. The number of aliphatic hydroxyl groups excluding tert-OH is 1. The maximum atomic E-state index is 12.1. The Bertz CT molecular complexity index is 486. The molecule has 112 valence electrons. The first-order valence-electron chi connectivity index (χ1n) is 5.93. The number of aliphatic hydroxyl groups is 1. The second kappa shape index (κ2) is 7.95. The van der Waals surface area contributed by atoms with Crippen molar-refractivity contribution in [2.45, 2.75) is 31.3 Å². The van der Waals surface area contributed by atoms with Crippen molar-refractivity contribution in [1.29, 1.82) is 0 Å². The quantitative estimate of drug-likeness (QED) is 0.760. The predicted molar refractivity (Wildman–Crippen MR) is 79.4 cm³/mol. The summed E-state index contributed by atoms with van der Waals surface area (Å²) in [5.41, 5.74) is 2.10. The van der Waals surface area contributed by atoms with Crippen LogP contribution in [0.25, 0.3) is 0 Å². The largest absolute Gasteiger partial charge is 0.385 e. The highest BCUT2D eigenvalue weighted by Crippen LogP contribution is 2.28. The van der Waals surface area contributed by atoms with E-state index in [1.54, 1.807) is 0 Å². The third-order valence-electron chi connectivity index (χ3n) is 2.61. The molecule has 0 aliphatic rings. The maximum absolute atomic E-state index is 12.1. The first-order chi connectivity index (χ1) is 9.31. The lowest BCUT2D eigenvalue weighted by Gasteiger charge is -2.11. The summed E-state index contributed by atoms with van der Waals surface area (Å²) in [4.78, 5) is 12.5. The molecule has 0 aliphatic carbocycles. The monoisotopic (exact) mass is 367 g/mol. The summed E-state index contributed by atoms with van der Waals surface area (Å²) in [6, 6.07) is 3.93. The summed E-state index contributed by atoms with van der Waals surface area (Å²) < 4.78 is 25.1. The van der Waals surface area contributed by atoms with Gasteiger partial charge >= 0.3 is 0 Å². The van der Waals surface area contributed by atoms with Crippen LogP contribution in [0.4, 0.5) is 8.78 Å². The van der Waals surface area contributed by atoms with Gasteiger partial charge in [0.1, 0.15) is 6.10 Å². The van der Waals surface area contributed by atoms with Crippen molar-refractivity contribution in [2.24, 2.45) is 0 Å². The molecule has 1 aromatic carbocycles. The molecule has 0 aromatic heterocycles. The Labute approximate surface area is 129 Å². The van der Waals surface area contributed by atoms with Crippen molar-refractivity contribution in [1.82, 2.24) is 5.32 Å². The lowest BCUT2D eigenvalue weighted by molar-refractivity contribution is -0.119. The van der Waals surface area contributed by atoms with Crippen molar-refractivity contribution in [2.75, 3.05) is 12.3 Å². The highest BCUT2D eigenvalue weighted by atomic mass is 79.9. The van der Waals surface area contributed by atoms with Crippen LogP contribution in [0, 0.1) is 13.8 Å². The number of amides is 1. The summed E-state index contributed by atoms with van der Waals surface area (Å²) in [6.45, 7) is 3.45. The Balaban J connectivity index is 2.47. The summed E-state index contributed by atoms with van der Waals surface area (Å²) in [7, 11) is 0. The van der Waals surface area contributed by atoms with Crippen molar-refractivity contribution < 1.29 is 18.7 Å². The van der Waals surface area contributed by atoms with Gasteiger partial charge in [0.2, 0.25) is 5.91 Å². The van der Waals surface area contributed by atoms with E-state index in [0.717, 1.165) is 20.5 Å². The number of hydrogen-bond acceptors (Lipinski definition) is 3. The SMILES string of the molecule is Cc1cc(SCC(=O)NCC(O)C(F)F)c(C)cc1Br. The zero-order valence-corrected chi connectivity index (χ0v) is 13.5. The molecule has 0 heterocycles. The number of carbonyl (C=O) groups excluding carboxylic acids is 1. The Morgan fingerprint density at radius 3 is 2.65 bits per heavy atom. The van der Waals surface area contributed by atoms with Crippen LogP contribution in [0.5, 0.6) is 0 Å². The van der Waals surface area contributed by atoms with Crippen molar-refractivity contribution in [3.8, 4) is 0 Å². The van der Waals surface area contributed by atoms with Gasteiger partial charge in [-0.05, 0) is 37.1 Å². The Morgan fingerprint density at radius 2 is 2.05 bits per heavy atom. The van der Waals surface area contributed by atoms with E-state index in [1.807, 2.05) is 26.0 Å². The highest BCUT2D eigenvalue weighted by molar-refractivity contribution is 9.10. The molecule has 20 heavy (non-hydrogen) atoms. The zero-order valence-electron chi connectivity index (χ0n) is 11.1. The van der Waals surface area contributed by atoms with E-state index in [2.05, 4.69) is 21.2 Å². The normalized spacial score (nSPS) is 12.6. The molecule has 1 aromatic rings. The van der Waals surface area contributed by atoms with Crippen LogP contribution in [0.2, 0.25) is 0 Å². The summed E-state index contributed by atoms with van der Waals surface area (Å²) in [6.07, 6.45) is -4.67. The van der Waals surface area contributed by atoms with Crippen LogP contribution >= 0.6 is 27.7 Å². The number of aryl methyl sites for hydroxylation is 2. The molecular weight excluding hydrogens is 352 g/mol. The Hall–Kier alpha value is -0.660. The average Bonchev–Trinajstić information content (AvgIpc) is 2.38. The fraction of sp³-hybridized carbons (Fsp3) is 0.462. The molecule has 0 saturated heterocycles. The molecule has 3 nitrogen and oxygen atoms in total. The highest BCUT2D eigenvalue weighted by Gasteiger charge is 2.17. The third kappa shape index (κ3) is 5.38. The molecule has 0 saturated carbocycles. The number of thioether (sulfide) groups is 1. The third-order valence-corrected chi connectivity index (χ3v) is 4.63. The van der Waals surface area contributed by atoms with Gasteiger partial charge in [0.05, 0.1) is 5.75 Å². The van der Waals surface area contributed by atoms with Gasteiger partial charge in [-0.2, -0.15) is 0 Å². The molecule has 0 fully saturated rings. The minimum Gasteiger partial charge on any atom is -0.385 e. The standard InChI is InChI=1S/C13H16BrF2NO2S/c1-7-4-11(8(2)3-9(7)14)20-6-12(19)17-5-10(18)13(15)16/h3-4,10,13,18H,5-6H2,1-2H3,(H,17,19). The van der Waals surface area contributed by atoms with Gasteiger partial charge in [-0.1, -0.05) is 15.9 Å². The average molecular weight is 368 g/mol.